The highest BCUT2D eigenvalue weighted by atomic mass is 32.1. The van der Waals surface area contributed by atoms with Crippen molar-refractivity contribution in [2.75, 3.05) is 11.9 Å². The van der Waals surface area contributed by atoms with Crippen molar-refractivity contribution in [1.82, 2.24) is 10.6 Å². The molecule has 0 saturated carbocycles. The molecule has 0 spiro atoms. The smallest absolute Gasteiger partial charge is 0.282 e. The zero-order chi connectivity index (χ0) is 23.1. The molecule has 3 aromatic carbocycles. The summed E-state index contributed by atoms with van der Waals surface area (Å²) in [6.45, 7) is 0.358. The molecule has 32 heavy (non-hydrogen) atoms. The normalized spacial score (nSPS) is 10.2. The maximum atomic E-state index is 12.8. The number of carbonyl (C=O) groups is 2. The summed E-state index contributed by atoms with van der Waals surface area (Å²) < 4.78 is 0. The van der Waals surface area contributed by atoms with Gasteiger partial charge in [0, 0.05) is 19.7 Å². The molecule has 0 radical (unpaired) electrons. The molecule has 0 atom stereocenters. The lowest BCUT2D eigenvalue weighted by atomic mass is 10.1. The maximum absolute atomic E-state index is 12.8. The van der Waals surface area contributed by atoms with Crippen LogP contribution in [0.4, 0.5) is 11.4 Å². The lowest BCUT2D eigenvalue weighted by Gasteiger charge is -2.23. The first kappa shape index (κ1) is 22.6. The molecule has 0 fully saturated rings. The van der Waals surface area contributed by atoms with Gasteiger partial charge in [-0.25, -0.2) is 0 Å². The predicted octanol–water partition coefficient (Wildman–Crippen LogP) is 3.68. The Morgan fingerprint density at radius 3 is 2.19 bits per heavy atom. The highest BCUT2D eigenvalue weighted by molar-refractivity contribution is 7.80. The van der Waals surface area contributed by atoms with Gasteiger partial charge < -0.3 is 10.2 Å². The van der Waals surface area contributed by atoms with Gasteiger partial charge in [-0.05, 0) is 36.0 Å². The highest BCUT2D eigenvalue weighted by Crippen LogP contribution is 2.21. The number of nitrogens with one attached hydrogen (secondary N) is 2. The fourth-order valence-corrected chi connectivity index (χ4v) is 3.21. The van der Waals surface area contributed by atoms with Gasteiger partial charge in [0.05, 0.1) is 16.2 Å². The standard InChI is InChI=1S/C23H20N4O4S/c1-26(23(32)25-22(29)18-12-6-8-14-20(18)27(30)31)19-13-7-5-11-17(19)21(28)24-15-16-9-3-2-4-10-16/h2-14H,15H2,1H3,(H,24,28)(H,25,29,32). The van der Waals surface area contributed by atoms with Crippen LogP contribution in [0.25, 0.3) is 0 Å². The Kier molecular flexibility index (Phi) is 7.25. The van der Waals surface area contributed by atoms with Crippen LogP contribution >= 0.6 is 12.2 Å². The molecule has 0 aliphatic heterocycles. The third-order valence-electron chi connectivity index (χ3n) is 4.68. The first-order chi connectivity index (χ1) is 15.4. The predicted molar refractivity (Wildman–Crippen MR) is 126 cm³/mol. The van der Waals surface area contributed by atoms with Crippen LogP contribution < -0.4 is 15.5 Å². The molecule has 3 rings (SSSR count). The summed E-state index contributed by atoms with van der Waals surface area (Å²) in [7, 11) is 1.60. The molecule has 0 saturated heterocycles. The van der Waals surface area contributed by atoms with Crippen molar-refractivity contribution in [2.24, 2.45) is 0 Å². The number of hydrogen-bond donors (Lipinski definition) is 2. The molecule has 9 heteroatoms. The van der Waals surface area contributed by atoms with Crippen molar-refractivity contribution in [2.45, 2.75) is 6.54 Å². The molecule has 0 aromatic heterocycles. The average Bonchev–Trinajstić information content (AvgIpc) is 2.82. The van der Waals surface area contributed by atoms with Crippen molar-refractivity contribution in [3.63, 3.8) is 0 Å². The SMILES string of the molecule is CN(C(=S)NC(=O)c1ccccc1[N+](=O)[O-])c1ccccc1C(=O)NCc1ccccc1. The molecule has 162 valence electrons. The third-order valence-corrected chi connectivity index (χ3v) is 5.05. The van der Waals surface area contributed by atoms with Crippen LogP contribution in [0.5, 0.6) is 0 Å². The second-order valence-corrected chi connectivity index (χ2v) is 7.16. The number of anilines is 1. The summed E-state index contributed by atoms with van der Waals surface area (Å²) in [6, 6.07) is 21.9. The van der Waals surface area contributed by atoms with Crippen molar-refractivity contribution in [1.29, 1.82) is 0 Å². The topological polar surface area (TPSA) is 105 Å². The highest BCUT2D eigenvalue weighted by Gasteiger charge is 2.22. The van der Waals surface area contributed by atoms with Gasteiger partial charge in [0.15, 0.2) is 5.11 Å². The van der Waals surface area contributed by atoms with Gasteiger partial charge in [-0.15, -0.1) is 0 Å². The van der Waals surface area contributed by atoms with Crippen LogP contribution in [0.15, 0.2) is 78.9 Å². The summed E-state index contributed by atoms with van der Waals surface area (Å²) in [5.74, 6) is -1.01. The summed E-state index contributed by atoms with van der Waals surface area (Å²) in [5, 5.41) is 16.5. The Hall–Kier alpha value is -4.11. The lowest BCUT2D eigenvalue weighted by Crippen LogP contribution is -2.41. The monoisotopic (exact) mass is 448 g/mol. The van der Waals surface area contributed by atoms with E-state index in [-0.39, 0.29) is 22.3 Å². The average molecular weight is 449 g/mol. The van der Waals surface area contributed by atoms with Gasteiger partial charge in [-0.1, -0.05) is 54.6 Å². The number of amides is 2. The van der Waals surface area contributed by atoms with E-state index in [2.05, 4.69) is 10.6 Å². The Labute approximate surface area is 190 Å². The Morgan fingerprint density at radius 2 is 1.50 bits per heavy atom. The van der Waals surface area contributed by atoms with E-state index < -0.39 is 10.8 Å². The zero-order valence-corrected chi connectivity index (χ0v) is 18.0. The molecular formula is C23H20N4O4S. The van der Waals surface area contributed by atoms with Gasteiger partial charge in [0.1, 0.15) is 5.56 Å². The Balaban J connectivity index is 1.74. The number of nitro groups is 1. The number of thiocarbonyl (C=S) groups is 1. The van der Waals surface area contributed by atoms with Crippen molar-refractivity contribution < 1.29 is 14.5 Å². The van der Waals surface area contributed by atoms with Crippen LogP contribution in [-0.4, -0.2) is 28.9 Å². The fourth-order valence-electron chi connectivity index (χ4n) is 3.01. The van der Waals surface area contributed by atoms with Crippen LogP contribution in [0.3, 0.4) is 0 Å². The molecule has 2 amide bonds. The molecule has 0 aliphatic carbocycles. The number of rotatable bonds is 6. The Morgan fingerprint density at radius 1 is 0.906 bits per heavy atom. The van der Waals surface area contributed by atoms with Crippen LogP contribution in [0, 0.1) is 10.1 Å². The Bertz CT molecular complexity index is 1170. The summed E-state index contributed by atoms with van der Waals surface area (Å²) in [6.07, 6.45) is 0. The molecule has 3 aromatic rings. The molecule has 0 aliphatic rings. The molecule has 0 unspecified atom stereocenters. The van der Waals surface area contributed by atoms with Gasteiger partial charge in [0.25, 0.3) is 17.5 Å². The first-order valence-electron chi connectivity index (χ1n) is 9.62. The quantitative estimate of drug-likeness (QED) is 0.339. The number of carbonyl (C=O) groups excluding carboxylic acids is 2. The summed E-state index contributed by atoms with van der Waals surface area (Å²) >= 11 is 5.32. The van der Waals surface area contributed by atoms with E-state index in [1.807, 2.05) is 30.3 Å². The summed E-state index contributed by atoms with van der Waals surface area (Å²) in [5.41, 5.74) is 1.37. The minimum Gasteiger partial charge on any atom is -0.348 e. The fraction of sp³-hybridized carbons (Fsp3) is 0.0870. The second kappa shape index (κ2) is 10.3. The largest absolute Gasteiger partial charge is 0.348 e. The lowest BCUT2D eigenvalue weighted by molar-refractivity contribution is -0.385. The minimum atomic E-state index is -0.708. The van der Waals surface area contributed by atoms with E-state index in [0.29, 0.717) is 17.8 Å². The molecular weight excluding hydrogens is 428 g/mol. The van der Waals surface area contributed by atoms with E-state index in [9.17, 15) is 19.7 Å². The van der Waals surface area contributed by atoms with Crippen molar-refractivity contribution >= 4 is 40.5 Å². The minimum absolute atomic E-state index is 0.00328. The number of nitrogens with zero attached hydrogens (tertiary/aromatic N) is 2. The van der Waals surface area contributed by atoms with Gasteiger partial charge >= 0.3 is 0 Å². The molecule has 0 heterocycles. The van der Waals surface area contributed by atoms with Gasteiger partial charge in [0.2, 0.25) is 0 Å². The molecule has 8 nitrogen and oxygen atoms in total. The molecule has 0 bridgehead atoms. The van der Waals surface area contributed by atoms with Crippen LogP contribution in [0.2, 0.25) is 0 Å². The van der Waals surface area contributed by atoms with Crippen molar-refractivity contribution in [3.05, 3.63) is 106 Å². The summed E-state index contributed by atoms with van der Waals surface area (Å²) in [4.78, 5) is 37.4. The number of hydrogen-bond acceptors (Lipinski definition) is 5. The molecule has 2 N–H and O–H groups in total. The van der Waals surface area contributed by atoms with Gasteiger partial charge in [-0.3, -0.25) is 25.0 Å². The zero-order valence-electron chi connectivity index (χ0n) is 17.1. The van der Waals surface area contributed by atoms with Gasteiger partial charge in [-0.2, -0.15) is 0 Å². The maximum Gasteiger partial charge on any atom is 0.282 e. The van der Waals surface area contributed by atoms with E-state index in [1.165, 1.54) is 29.2 Å². The number of benzene rings is 3. The van der Waals surface area contributed by atoms with Crippen LogP contribution in [-0.2, 0) is 6.54 Å². The second-order valence-electron chi connectivity index (χ2n) is 6.78. The van der Waals surface area contributed by atoms with E-state index in [1.54, 1.807) is 31.3 Å². The van der Waals surface area contributed by atoms with E-state index in [0.717, 1.165) is 5.56 Å². The number of para-hydroxylation sites is 2. The van der Waals surface area contributed by atoms with E-state index in [4.69, 9.17) is 12.2 Å². The first-order valence-corrected chi connectivity index (χ1v) is 10.0. The third kappa shape index (κ3) is 5.32. The van der Waals surface area contributed by atoms with E-state index >= 15 is 0 Å². The van der Waals surface area contributed by atoms with Crippen molar-refractivity contribution in [3.8, 4) is 0 Å². The van der Waals surface area contributed by atoms with Crippen LogP contribution in [0.1, 0.15) is 26.3 Å². The number of nitro benzene ring substituents is 1.